The molecule has 0 spiro atoms. The van der Waals surface area contributed by atoms with E-state index >= 15 is 0 Å². The lowest BCUT2D eigenvalue weighted by molar-refractivity contribution is -0.141. The molecule has 0 bridgehead atoms. The minimum atomic E-state index is -1.51. The van der Waals surface area contributed by atoms with Crippen LogP contribution in [0.3, 0.4) is 0 Å². The third kappa shape index (κ3) is 2.72. The number of benzene rings is 1. The number of carboxylic acid groups (broad SMARTS) is 1. The fraction of sp³-hybridized carbons (Fsp3) is 0.154. The van der Waals surface area contributed by atoms with E-state index in [0.29, 0.717) is 0 Å². The first-order valence-corrected chi connectivity index (χ1v) is 5.41. The van der Waals surface area contributed by atoms with E-state index in [-0.39, 0.29) is 24.6 Å². The number of nitrogens with two attached hydrogens (primary N) is 1. The van der Waals surface area contributed by atoms with Gasteiger partial charge in [0.2, 0.25) is 0 Å². The van der Waals surface area contributed by atoms with E-state index in [1.807, 2.05) is 0 Å². The summed E-state index contributed by atoms with van der Waals surface area (Å²) in [4.78, 5) is 14.1. The fourth-order valence-corrected chi connectivity index (χ4v) is 1.86. The predicted molar refractivity (Wildman–Crippen MR) is 75.7 cm³/mol. The van der Waals surface area contributed by atoms with Crippen LogP contribution in [0.5, 0.6) is 5.75 Å². The molecule has 0 aliphatic carbocycles. The highest BCUT2D eigenvalue weighted by Crippen LogP contribution is 2.25. The van der Waals surface area contributed by atoms with Crippen molar-refractivity contribution in [3.63, 3.8) is 0 Å². The SMILES string of the molecule is C=C[C@](N)(Cc1c[nH]c2ccc(O)cc12)C(=O)O.Cl. The van der Waals surface area contributed by atoms with Gasteiger partial charge in [0.1, 0.15) is 11.3 Å². The molecule has 1 aromatic heterocycles. The first kappa shape index (κ1) is 15.1. The van der Waals surface area contributed by atoms with Gasteiger partial charge in [0.05, 0.1) is 0 Å². The lowest BCUT2D eigenvalue weighted by Crippen LogP contribution is -2.47. The molecule has 0 amide bonds. The number of carboxylic acids is 1. The normalized spacial score (nSPS) is 13.5. The molecule has 0 saturated carbocycles. The number of aromatic nitrogens is 1. The summed E-state index contributed by atoms with van der Waals surface area (Å²) in [5.74, 6) is -1.01. The summed E-state index contributed by atoms with van der Waals surface area (Å²) < 4.78 is 0. The van der Waals surface area contributed by atoms with Gasteiger partial charge in [-0.05, 0) is 23.8 Å². The zero-order valence-electron chi connectivity index (χ0n) is 10.1. The molecule has 1 aromatic carbocycles. The van der Waals surface area contributed by atoms with E-state index in [1.54, 1.807) is 24.4 Å². The number of hydrogen-bond donors (Lipinski definition) is 4. The Balaban J connectivity index is 0.00000180. The number of aliphatic carboxylic acids is 1. The number of nitrogens with one attached hydrogen (secondary N) is 1. The van der Waals surface area contributed by atoms with E-state index in [9.17, 15) is 9.90 Å². The summed E-state index contributed by atoms with van der Waals surface area (Å²) in [6.45, 7) is 3.47. The summed E-state index contributed by atoms with van der Waals surface area (Å²) in [5, 5.41) is 19.3. The van der Waals surface area contributed by atoms with Gasteiger partial charge in [-0.2, -0.15) is 0 Å². The lowest BCUT2D eigenvalue weighted by Gasteiger charge is -2.19. The van der Waals surface area contributed by atoms with Crippen molar-refractivity contribution in [1.29, 1.82) is 0 Å². The highest BCUT2D eigenvalue weighted by molar-refractivity contribution is 5.87. The van der Waals surface area contributed by atoms with Crippen LogP contribution in [0, 0.1) is 0 Å². The Hall–Kier alpha value is -1.98. The molecule has 2 rings (SSSR count). The van der Waals surface area contributed by atoms with Crippen molar-refractivity contribution in [3.8, 4) is 5.75 Å². The number of aromatic hydroxyl groups is 1. The number of carbonyl (C=O) groups is 1. The summed E-state index contributed by atoms with van der Waals surface area (Å²) in [6, 6.07) is 4.86. The first-order chi connectivity index (χ1) is 8.46. The van der Waals surface area contributed by atoms with Crippen LogP contribution < -0.4 is 5.73 Å². The summed E-state index contributed by atoms with van der Waals surface area (Å²) in [7, 11) is 0. The van der Waals surface area contributed by atoms with Crippen molar-refractivity contribution < 1.29 is 15.0 Å². The third-order valence-electron chi connectivity index (χ3n) is 3.00. The largest absolute Gasteiger partial charge is 0.508 e. The highest BCUT2D eigenvalue weighted by Gasteiger charge is 2.31. The van der Waals surface area contributed by atoms with Crippen LogP contribution in [0.4, 0.5) is 0 Å². The third-order valence-corrected chi connectivity index (χ3v) is 3.00. The van der Waals surface area contributed by atoms with E-state index in [2.05, 4.69) is 11.6 Å². The Morgan fingerprint density at radius 2 is 2.21 bits per heavy atom. The maximum absolute atomic E-state index is 11.1. The van der Waals surface area contributed by atoms with E-state index in [1.165, 1.54) is 6.08 Å². The average Bonchev–Trinajstić information content (AvgIpc) is 2.71. The Bertz CT molecular complexity index is 623. The van der Waals surface area contributed by atoms with E-state index in [0.717, 1.165) is 16.5 Å². The summed E-state index contributed by atoms with van der Waals surface area (Å²) in [6.07, 6.45) is 3.02. The molecule has 0 fully saturated rings. The number of hydrogen-bond acceptors (Lipinski definition) is 3. The Labute approximate surface area is 116 Å². The van der Waals surface area contributed by atoms with E-state index in [4.69, 9.17) is 10.8 Å². The zero-order chi connectivity index (χ0) is 13.3. The molecule has 1 atom stereocenters. The standard InChI is InChI=1S/C13H14N2O3.ClH/c1-2-13(14,12(17)18)6-8-7-15-11-4-3-9(16)5-10(8)11;/h2-5,7,15-16H,1,6,14H2,(H,17,18);1H/t13-;/m0./s1. The molecule has 6 heteroatoms. The second-order valence-electron chi connectivity index (χ2n) is 4.27. The molecule has 0 aliphatic heterocycles. The molecule has 5 nitrogen and oxygen atoms in total. The van der Waals surface area contributed by atoms with Gasteiger partial charge in [-0.15, -0.1) is 19.0 Å². The van der Waals surface area contributed by atoms with Crippen LogP contribution in [0.1, 0.15) is 5.56 Å². The molecule has 1 heterocycles. The number of rotatable bonds is 4. The number of phenolic OH excluding ortho intramolecular Hbond substituents is 1. The topological polar surface area (TPSA) is 99.3 Å². The van der Waals surface area contributed by atoms with Gasteiger partial charge in [-0.1, -0.05) is 6.08 Å². The monoisotopic (exact) mass is 282 g/mol. The molecule has 0 unspecified atom stereocenters. The molecule has 0 radical (unpaired) electrons. The lowest BCUT2D eigenvalue weighted by atomic mass is 9.92. The van der Waals surface area contributed by atoms with Gasteiger partial charge in [0.25, 0.3) is 0 Å². The van der Waals surface area contributed by atoms with Crippen LogP contribution in [0.15, 0.2) is 37.1 Å². The maximum atomic E-state index is 11.1. The van der Waals surface area contributed by atoms with Gasteiger partial charge in [0.15, 0.2) is 0 Å². The van der Waals surface area contributed by atoms with Crippen molar-refractivity contribution in [2.75, 3.05) is 0 Å². The summed E-state index contributed by atoms with van der Waals surface area (Å²) in [5.41, 5.74) is 5.80. The van der Waals surface area contributed by atoms with Crippen molar-refractivity contribution in [1.82, 2.24) is 4.98 Å². The van der Waals surface area contributed by atoms with Crippen molar-refractivity contribution in [2.24, 2.45) is 5.73 Å². The minimum absolute atomic E-state index is 0. The van der Waals surface area contributed by atoms with Crippen LogP contribution in [0.25, 0.3) is 10.9 Å². The quantitative estimate of drug-likeness (QED) is 0.643. The van der Waals surface area contributed by atoms with Crippen molar-refractivity contribution in [2.45, 2.75) is 12.0 Å². The molecule has 102 valence electrons. The van der Waals surface area contributed by atoms with E-state index < -0.39 is 11.5 Å². The van der Waals surface area contributed by atoms with Crippen LogP contribution in [-0.2, 0) is 11.2 Å². The van der Waals surface area contributed by atoms with Crippen LogP contribution >= 0.6 is 12.4 Å². The fourth-order valence-electron chi connectivity index (χ4n) is 1.86. The second-order valence-corrected chi connectivity index (χ2v) is 4.27. The Morgan fingerprint density at radius 3 is 2.79 bits per heavy atom. The Kier molecular flexibility index (Phi) is 4.24. The highest BCUT2D eigenvalue weighted by atomic mass is 35.5. The van der Waals surface area contributed by atoms with Crippen molar-refractivity contribution in [3.05, 3.63) is 42.6 Å². The number of fused-ring (bicyclic) bond motifs is 1. The number of phenols is 1. The van der Waals surface area contributed by atoms with Gasteiger partial charge >= 0.3 is 5.97 Å². The van der Waals surface area contributed by atoms with Crippen LogP contribution in [0.2, 0.25) is 0 Å². The Morgan fingerprint density at radius 1 is 1.53 bits per heavy atom. The van der Waals surface area contributed by atoms with Crippen LogP contribution in [-0.4, -0.2) is 26.7 Å². The van der Waals surface area contributed by atoms with Gasteiger partial charge in [-0.25, -0.2) is 4.79 Å². The number of aromatic amines is 1. The van der Waals surface area contributed by atoms with Gasteiger partial charge in [0, 0.05) is 23.5 Å². The molecule has 5 N–H and O–H groups in total. The first-order valence-electron chi connectivity index (χ1n) is 5.41. The van der Waals surface area contributed by atoms with Gasteiger partial charge < -0.3 is 20.9 Å². The zero-order valence-corrected chi connectivity index (χ0v) is 10.9. The minimum Gasteiger partial charge on any atom is -0.508 e. The molecule has 19 heavy (non-hydrogen) atoms. The summed E-state index contributed by atoms with van der Waals surface area (Å²) >= 11 is 0. The van der Waals surface area contributed by atoms with Crippen molar-refractivity contribution >= 4 is 29.3 Å². The maximum Gasteiger partial charge on any atom is 0.328 e. The molecule has 0 aliphatic rings. The smallest absolute Gasteiger partial charge is 0.328 e. The second kappa shape index (κ2) is 5.34. The molecule has 0 saturated heterocycles. The molecule has 2 aromatic rings. The number of H-pyrrole nitrogens is 1. The predicted octanol–water partition coefficient (Wildman–Crippen LogP) is 1.81. The molecular weight excluding hydrogens is 268 g/mol. The average molecular weight is 283 g/mol. The van der Waals surface area contributed by atoms with Gasteiger partial charge in [-0.3, -0.25) is 0 Å². The number of halogens is 1. The molecular formula is C13H15ClN2O3.